The van der Waals surface area contributed by atoms with E-state index in [-0.39, 0.29) is 5.97 Å². The van der Waals surface area contributed by atoms with Crippen LogP contribution in [0.2, 0.25) is 0 Å². The average Bonchev–Trinajstić information content (AvgIpc) is 2.34. The summed E-state index contributed by atoms with van der Waals surface area (Å²) in [5, 5.41) is 8.48. The molecule has 0 aromatic heterocycles. The fraction of sp³-hybridized carbons (Fsp3) is 0.867. The molecule has 19 heavy (non-hydrogen) atoms. The van der Waals surface area contributed by atoms with Crippen LogP contribution >= 0.6 is 0 Å². The third-order valence-corrected chi connectivity index (χ3v) is 3.09. The number of carboxylic acids is 1. The molecule has 0 aromatic carbocycles. The summed E-state index contributed by atoms with van der Waals surface area (Å²) < 4.78 is 4.86. The summed E-state index contributed by atoms with van der Waals surface area (Å²) in [5.74, 6) is -0.878. The van der Waals surface area contributed by atoms with E-state index in [9.17, 15) is 9.59 Å². The van der Waals surface area contributed by atoms with Gasteiger partial charge in [-0.2, -0.15) is 0 Å². The Bertz CT molecular complexity index is 214. The van der Waals surface area contributed by atoms with Gasteiger partial charge in [-0.25, -0.2) is 0 Å². The molecule has 0 atom stereocenters. The number of carbonyl (C=O) groups is 2. The summed E-state index contributed by atoms with van der Waals surface area (Å²) in [6, 6.07) is 0. The van der Waals surface area contributed by atoms with E-state index in [1.165, 1.54) is 39.0 Å². The molecular formula is C15H28O4. The van der Waals surface area contributed by atoms with Gasteiger partial charge < -0.3 is 9.84 Å². The topological polar surface area (TPSA) is 63.6 Å². The minimum absolute atomic E-state index is 0.192. The molecule has 0 radical (unpaired) electrons. The van der Waals surface area contributed by atoms with Crippen LogP contribution in [0.5, 0.6) is 0 Å². The molecule has 0 aliphatic heterocycles. The van der Waals surface area contributed by atoms with Gasteiger partial charge in [0.05, 0.1) is 6.61 Å². The van der Waals surface area contributed by atoms with E-state index in [0.29, 0.717) is 13.0 Å². The molecule has 0 aromatic rings. The highest BCUT2D eigenvalue weighted by atomic mass is 16.5. The van der Waals surface area contributed by atoms with E-state index >= 15 is 0 Å². The Hall–Kier alpha value is -1.06. The quantitative estimate of drug-likeness (QED) is 0.407. The van der Waals surface area contributed by atoms with Crippen LogP contribution in [0.15, 0.2) is 0 Å². The number of esters is 1. The van der Waals surface area contributed by atoms with Crippen LogP contribution in [-0.4, -0.2) is 23.7 Å². The minimum Gasteiger partial charge on any atom is -0.481 e. The van der Waals surface area contributed by atoms with Gasteiger partial charge in [-0.15, -0.1) is 0 Å². The zero-order valence-electron chi connectivity index (χ0n) is 12.2. The van der Waals surface area contributed by atoms with E-state index in [2.05, 4.69) is 0 Å². The monoisotopic (exact) mass is 272 g/mol. The van der Waals surface area contributed by atoms with Crippen LogP contribution in [0.25, 0.3) is 0 Å². The molecule has 0 unspecified atom stereocenters. The molecule has 0 heterocycles. The second-order valence-corrected chi connectivity index (χ2v) is 5.02. The smallest absolute Gasteiger partial charge is 0.303 e. The van der Waals surface area contributed by atoms with Crippen molar-refractivity contribution in [3.05, 3.63) is 0 Å². The summed E-state index contributed by atoms with van der Waals surface area (Å²) in [6.45, 7) is 2.00. The molecule has 4 nitrogen and oxygen atoms in total. The maximum Gasteiger partial charge on any atom is 0.303 e. The van der Waals surface area contributed by atoms with Gasteiger partial charge >= 0.3 is 11.9 Å². The molecule has 0 aliphatic carbocycles. The molecule has 0 bridgehead atoms. The van der Waals surface area contributed by atoms with Crippen LogP contribution in [0.1, 0.15) is 77.6 Å². The van der Waals surface area contributed by atoms with Gasteiger partial charge in [0.15, 0.2) is 0 Å². The normalized spacial score (nSPS) is 10.4. The largest absolute Gasteiger partial charge is 0.481 e. The third-order valence-electron chi connectivity index (χ3n) is 3.09. The Kier molecular flexibility index (Phi) is 12.6. The van der Waals surface area contributed by atoms with Gasteiger partial charge in [-0.3, -0.25) is 9.59 Å². The molecule has 112 valence electrons. The van der Waals surface area contributed by atoms with E-state index in [4.69, 9.17) is 9.84 Å². The first kappa shape index (κ1) is 17.9. The molecule has 0 spiro atoms. The van der Waals surface area contributed by atoms with Crippen LogP contribution in [0.3, 0.4) is 0 Å². The fourth-order valence-electron chi connectivity index (χ4n) is 2.01. The number of rotatable bonds is 13. The second kappa shape index (κ2) is 13.4. The molecule has 0 rings (SSSR count). The summed E-state index contributed by atoms with van der Waals surface area (Å²) in [6.07, 6.45) is 11.6. The van der Waals surface area contributed by atoms with Gasteiger partial charge in [0, 0.05) is 13.3 Å². The second-order valence-electron chi connectivity index (χ2n) is 5.02. The molecule has 0 saturated heterocycles. The van der Waals surface area contributed by atoms with Crippen molar-refractivity contribution < 1.29 is 19.4 Å². The van der Waals surface area contributed by atoms with E-state index < -0.39 is 5.97 Å². The fourth-order valence-corrected chi connectivity index (χ4v) is 2.01. The average molecular weight is 272 g/mol. The molecule has 0 aliphatic rings. The van der Waals surface area contributed by atoms with Crippen molar-refractivity contribution in [3.63, 3.8) is 0 Å². The van der Waals surface area contributed by atoms with Crippen LogP contribution in [0.4, 0.5) is 0 Å². The van der Waals surface area contributed by atoms with Crippen molar-refractivity contribution >= 4 is 11.9 Å². The van der Waals surface area contributed by atoms with Crippen molar-refractivity contribution in [2.75, 3.05) is 6.61 Å². The first-order valence-electron chi connectivity index (χ1n) is 7.48. The zero-order valence-corrected chi connectivity index (χ0v) is 12.2. The summed E-state index contributed by atoms with van der Waals surface area (Å²) in [7, 11) is 0. The number of carbonyl (C=O) groups excluding carboxylic acids is 1. The lowest BCUT2D eigenvalue weighted by Crippen LogP contribution is -2.00. The Morgan fingerprint density at radius 3 is 1.63 bits per heavy atom. The number of unbranched alkanes of at least 4 members (excludes halogenated alkanes) is 9. The molecule has 1 N–H and O–H groups in total. The number of aliphatic carboxylic acids is 1. The van der Waals surface area contributed by atoms with Crippen LogP contribution < -0.4 is 0 Å². The first-order valence-corrected chi connectivity index (χ1v) is 7.48. The zero-order chi connectivity index (χ0) is 14.3. The van der Waals surface area contributed by atoms with Crippen molar-refractivity contribution in [1.82, 2.24) is 0 Å². The highest BCUT2D eigenvalue weighted by molar-refractivity contribution is 5.66. The molecular weight excluding hydrogens is 244 g/mol. The summed E-state index contributed by atoms with van der Waals surface area (Å²) in [5.41, 5.74) is 0. The van der Waals surface area contributed by atoms with E-state index in [1.54, 1.807) is 0 Å². The predicted molar refractivity (Wildman–Crippen MR) is 75.1 cm³/mol. The summed E-state index contributed by atoms with van der Waals surface area (Å²) >= 11 is 0. The number of hydrogen-bond donors (Lipinski definition) is 1. The lowest BCUT2D eigenvalue weighted by molar-refractivity contribution is -0.141. The van der Waals surface area contributed by atoms with Crippen LogP contribution in [-0.2, 0) is 14.3 Å². The standard InChI is InChI=1S/C15H28O4/c1-14(16)19-13-11-9-7-5-3-2-4-6-8-10-12-15(17)18/h2-13H2,1H3,(H,17,18). The maximum atomic E-state index is 10.5. The Labute approximate surface area is 116 Å². The molecule has 4 heteroatoms. The van der Waals surface area contributed by atoms with Crippen LogP contribution in [0, 0.1) is 0 Å². The molecule has 0 saturated carbocycles. The van der Waals surface area contributed by atoms with E-state index in [1.807, 2.05) is 0 Å². The van der Waals surface area contributed by atoms with Gasteiger partial charge in [-0.1, -0.05) is 51.4 Å². The van der Waals surface area contributed by atoms with Crippen molar-refractivity contribution in [1.29, 1.82) is 0 Å². The lowest BCUT2D eigenvalue weighted by Gasteiger charge is -2.03. The van der Waals surface area contributed by atoms with Gasteiger partial charge in [0.25, 0.3) is 0 Å². The lowest BCUT2D eigenvalue weighted by atomic mass is 10.1. The number of hydrogen-bond acceptors (Lipinski definition) is 3. The SMILES string of the molecule is CC(=O)OCCCCCCCCCCCCC(=O)O. The highest BCUT2D eigenvalue weighted by Crippen LogP contribution is 2.11. The molecule has 0 fully saturated rings. The third kappa shape index (κ3) is 16.9. The highest BCUT2D eigenvalue weighted by Gasteiger charge is 1.97. The van der Waals surface area contributed by atoms with E-state index in [0.717, 1.165) is 32.1 Å². The Morgan fingerprint density at radius 1 is 0.789 bits per heavy atom. The predicted octanol–water partition coefficient (Wildman–Crippen LogP) is 3.93. The Morgan fingerprint density at radius 2 is 1.21 bits per heavy atom. The number of carboxylic acid groups (broad SMARTS) is 1. The minimum atomic E-state index is -0.686. The maximum absolute atomic E-state index is 10.5. The first-order chi connectivity index (χ1) is 9.13. The van der Waals surface area contributed by atoms with Gasteiger partial charge in [0.2, 0.25) is 0 Å². The van der Waals surface area contributed by atoms with Gasteiger partial charge in [-0.05, 0) is 12.8 Å². The van der Waals surface area contributed by atoms with Crippen molar-refractivity contribution in [2.24, 2.45) is 0 Å². The van der Waals surface area contributed by atoms with Crippen molar-refractivity contribution in [2.45, 2.75) is 77.6 Å². The van der Waals surface area contributed by atoms with Crippen molar-refractivity contribution in [3.8, 4) is 0 Å². The Balaban J connectivity index is 2.99. The summed E-state index contributed by atoms with van der Waals surface area (Å²) in [4.78, 5) is 20.8. The van der Waals surface area contributed by atoms with Gasteiger partial charge in [0.1, 0.15) is 0 Å². The molecule has 0 amide bonds. The number of ether oxygens (including phenoxy) is 1.